The molecule has 8 heteroatoms. The summed E-state index contributed by atoms with van der Waals surface area (Å²) >= 11 is 5.83. The Morgan fingerprint density at radius 2 is 2.15 bits per heavy atom. The van der Waals surface area contributed by atoms with E-state index in [9.17, 15) is 18.0 Å². The Morgan fingerprint density at radius 1 is 1.45 bits per heavy atom. The lowest BCUT2D eigenvalue weighted by molar-refractivity contribution is -0.140. The lowest BCUT2D eigenvalue weighted by Crippen LogP contribution is -2.39. The fraction of sp³-hybridized carbons (Fsp3) is 0.333. The molecule has 0 aliphatic carbocycles. The molecule has 0 saturated carbocycles. The van der Waals surface area contributed by atoms with E-state index in [1.54, 1.807) is 12.1 Å². The number of benzene rings is 1. The number of hydrogen-bond donors (Lipinski definition) is 1. The second-order valence-electron chi connectivity index (χ2n) is 4.20. The predicted octanol–water partition coefficient (Wildman–Crippen LogP) is 3.24. The van der Waals surface area contributed by atoms with Crippen LogP contribution in [0.1, 0.15) is 17.4 Å². The van der Waals surface area contributed by atoms with Crippen LogP contribution in [0.2, 0.25) is 5.02 Å². The van der Waals surface area contributed by atoms with Crippen LogP contribution in [0.3, 0.4) is 0 Å². The lowest BCUT2D eigenvalue weighted by Gasteiger charge is -2.21. The van der Waals surface area contributed by atoms with Gasteiger partial charge in [0.2, 0.25) is 0 Å². The van der Waals surface area contributed by atoms with Crippen molar-refractivity contribution in [3.63, 3.8) is 0 Å². The molecule has 0 aliphatic heterocycles. The molecule has 1 aromatic heterocycles. The first-order valence-electron chi connectivity index (χ1n) is 5.81. The summed E-state index contributed by atoms with van der Waals surface area (Å²) in [7, 11) is 0. The summed E-state index contributed by atoms with van der Waals surface area (Å²) in [5.41, 5.74) is 0.481. The summed E-state index contributed by atoms with van der Waals surface area (Å²) in [5, 5.41) is 7.18. The Balaban J connectivity index is 2.37. The van der Waals surface area contributed by atoms with Gasteiger partial charge in [0, 0.05) is 17.0 Å². The molecule has 0 aliphatic rings. The molecule has 1 heterocycles. The van der Waals surface area contributed by atoms with Crippen molar-refractivity contribution < 1.29 is 18.0 Å². The number of hydrogen-bond acceptors (Lipinski definition) is 2. The van der Waals surface area contributed by atoms with Gasteiger partial charge in [-0.25, -0.2) is 0 Å². The summed E-state index contributed by atoms with van der Waals surface area (Å²) < 4.78 is 37.3. The first-order valence-corrected chi connectivity index (χ1v) is 6.19. The Kier molecular flexibility index (Phi) is 3.89. The number of nitrogens with zero attached hydrogens (tertiary/aromatic N) is 2. The van der Waals surface area contributed by atoms with E-state index < -0.39 is 18.6 Å². The molecule has 2 aromatic rings. The molecule has 1 aromatic carbocycles. The molecule has 0 atom stereocenters. The van der Waals surface area contributed by atoms with Crippen LogP contribution in [0.4, 0.5) is 13.2 Å². The molecule has 4 nitrogen and oxygen atoms in total. The van der Waals surface area contributed by atoms with E-state index in [2.05, 4.69) is 10.2 Å². The number of rotatable bonds is 3. The highest BCUT2D eigenvalue weighted by atomic mass is 35.5. The fourth-order valence-corrected chi connectivity index (χ4v) is 2.01. The van der Waals surface area contributed by atoms with Gasteiger partial charge in [0.05, 0.1) is 5.52 Å². The van der Waals surface area contributed by atoms with Crippen LogP contribution in [-0.2, 0) is 0 Å². The zero-order valence-corrected chi connectivity index (χ0v) is 11.2. The van der Waals surface area contributed by atoms with Crippen molar-refractivity contribution in [3.05, 3.63) is 28.9 Å². The second-order valence-corrected chi connectivity index (χ2v) is 4.63. The highest BCUT2D eigenvalue weighted by Gasteiger charge is 2.33. The topological polar surface area (TPSA) is 49.0 Å². The molecule has 2 rings (SSSR count). The summed E-state index contributed by atoms with van der Waals surface area (Å²) in [5.74, 6) is -0.779. The van der Waals surface area contributed by atoms with Crippen molar-refractivity contribution in [1.82, 2.24) is 15.1 Å². The third kappa shape index (κ3) is 3.04. The minimum atomic E-state index is -4.45. The van der Waals surface area contributed by atoms with Gasteiger partial charge >= 0.3 is 6.18 Å². The van der Waals surface area contributed by atoms with E-state index in [4.69, 9.17) is 11.6 Å². The van der Waals surface area contributed by atoms with E-state index in [0.717, 1.165) is 0 Å². The standard InChI is InChI=1S/C12H11ClF3N3O/c1-2-19(6-12(14,15)16)11(20)10-8-5-7(13)3-4-9(8)17-18-10/h3-5H,2,6H2,1H3,(H,17,18). The Bertz CT molecular complexity index is 638. The number of aromatic amines is 1. The normalized spacial score (nSPS) is 11.8. The molecule has 1 amide bonds. The first kappa shape index (κ1) is 14.6. The molecule has 108 valence electrons. The van der Waals surface area contributed by atoms with Gasteiger partial charge in [-0.3, -0.25) is 9.89 Å². The van der Waals surface area contributed by atoms with E-state index in [-0.39, 0.29) is 12.2 Å². The molecule has 0 unspecified atom stereocenters. The third-order valence-electron chi connectivity index (χ3n) is 2.77. The molecule has 0 fully saturated rings. The van der Waals surface area contributed by atoms with E-state index in [1.165, 1.54) is 13.0 Å². The molecular weight excluding hydrogens is 295 g/mol. The Morgan fingerprint density at radius 3 is 2.75 bits per heavy atom. The predicted molar refractivity (Wildman–Crippen MR) is 68.7 cm³/mol. The SMILES string of the molecule is CCN(CC(F)(F)F)C(=O)c1n[nH]c2ccc(Cl)cc12. The molecule has 20 heavy (non-hydrogen) atoms. The van der Waals surface area contributed by atoms with Gasteiger partial charge in [-0.1, -0.05) is 11.6 Å². The van der Waals surface area contributed by atoms with E-state index in [1.807, 2.05) is 0 Å². The Labute approximate surface area is 117 Å². The zero-order chi connectivity index (χ0) is 14.9. The minimum Gasteiger partial charge on any atom is -0.328 e. The molecule has 0 radical (unpaired) electrons. The second kappa shape index (κ2) is 5.32. The van der Waals surface area contributed by atoms with Gasteiger partial charge in [0.15, 0.2) is 5.69 Å². The van der Waals surface area contributed by atoms with Crippen LogP contribution >= 0.6 is 11.6 Å². The van der Waals surface area contributed by atoms with Gasteiger partial charge in [-0.05, 0) is 25.1 Å². The van der Waals surface area contributed by atoms with Gasteiger partial charge in [0.1, 0.15) is 6.54 Å². The smallest absolute Gasteiger partial charge is 0.328 e. The maximum atomic E-state index is 12.4. The number of nitrogens with one attached hydrogen (secondary N) is 1. The third-order valence-corrected chi connectivity index (χ3v) is 3.00. The van der Waals surface area contributed by atoms with Gasteiger partial charge in [0.25, 0.3) is 5.91 Å². The molecule has 0 saturated heterocycles. The van der Waals surface area contributed by atoms with Crippen LogP contribution in [0.25, 0.3) is 10.9 Å². The number of carbonyl (C=O) groups is 1. The summed E-state index contributed by atoms with van der Waals surface area (Å²) in [6.45, 7) is 0.107. The van der Waals surface area contributed by atoms with Gasteiger partial charge in [-0.2, -0.15) is 18.3 Å². The minimum absolute atomic E-state index is 0.0615. The highest BCUT2D eigenvalue weighted by molar-refractivity contribution is 6.31. The number of H-pyrrole nitrogens is 1. The van der Waals surface area contributed by atoms with Gasteiger partial charge < -0.3 is 4.90 Å². The van der Waals surface area contributed by atoms with E-state index >= 15 is 0 Å². The number of carbonyl (C=O) groups excluding carboxylic acids is 1. The Hall–Kier alpha value is -1.76. The van der Waals surface area contributed by atoms with Crippen LogP contribution in [0.15, 0.2) is 18.2 Å². The average Bonchev–Trinajstić information content (AvgIpc) is 2.76. The summed E-state index contributed by atoms with van der Waals surface area (Å²) in [4.78, 5) is 12.8. The van der Waals surface area contributed by atoms with Crippen molar-refractivity contribution in [2.75, 3.05) is 13.1 Å². The molecule has 0 bridgehead atoms. The van der Waals surface area contributed by atoms with Crippen LogP contribution in [0, 0.1) is 0 Å². The number of alkyl halides is 3. The van der Waals surface area contributed by atoms with Crippen molar-refractivity contribution in [2.45, 2.75) is 13.1 Å². The maximum absolute atomic E-state index is 12.4. The lowest BCUT2D eigenvalue weighted by atomic mass is 10.2. The summed E-state index contributed by atoms with van der Waals surface area (Å²) in [6, 6.07) is 4.71. The quantitative estimate of drug-likeness (QED) is 0.946. The largest absolute Gasteiger partial charge is 0.406 e. The van der Waals surface area contributed by atoms with Crippen LogP contribution < -0.4 is 0 Å². The molecule has 1 N–H and O–H groups in total. The van der Waals surface area contributed by atoms with Crippen molar-refractivity contribution in [1.29, 1.82) is 0 Å². The van der Waals surface area contributed by atoms with Crippen molar-refractivity contribution in [2.24, 2.45) is 0 Å². The zero-order valence-electron chi connectivity index (χ0n) is 10.5. The highest BCUT2D eigenvalue weighted by Crippen LogP contribution is 2.23. The number of amides is 1. The molecular formula is C12H11ClF3N3O. The fourth-order valence-electron chi connectivity index (χ4n) is 1.84. The number of aromatic nitrogens is 2. The average molecular weight is 306 g/mol. The number of fused-ring (bicyclic) bond motifs is 1. The van der Waals surface area contributed by atoms with Crippen LogP contribution in [0.5, 0.6) is 0 Å². The monoisotopic (exact) mass is 305 g/mol. The number of halogens is 4. The van der Waals surface area contributed by atoms with Crippen LogP contribution in [-0.4, -0.2) is 40.3 Å². The van der Waals surface area contributed by atoms with Gasteiger partial charge in [-0.15, -0.1) is 0 Å². The van der Waals surface area contributed by atoms with E-state index in [0.29, 0.717) is 20.8 Å². The maximum Gasteiger partial charge on any atom is 0.406 e. The first-order chi connectivity index (χ1) is 9.31. The summed E-state index contributed by atoms with van der Waals surface area (Å²) in [6.07, 6.45) is -4.45. The van der Waals surface area contributed by atoms with Crippen molar-refractivity contribution in [3.8, 4) is 0 Å². The van der Waals surface area contributed by atoms with Crippen molar-refractivity contribution >= 4 is 28.4 Å². The molecule has 0 spiro atoms.